The maximum atomic E-state index is 11.1. The van der Waals surface area contributed by atoms with E-state index >= 15 is 0 Å². The molecule has 0 aromatic heterocycles. The summed E-state index contributed by atoms with van der Waals surface area (Å²) in [6, 6.07) is 0. The molecule has 0 radical (unpaired) electrons. The molecule has 5 nitrogen and oxygen atoms in total. The van der Waals surface area contributed by atoms with Crippen molar-refractivity contribution >= 4 is 6.09 Å². The number of alkyl carbamates (subject to hydrolysis) is 1. The minimum absolute atomic E-state index is 0.0599. The van der Waals surface area contributed by atoms with E-state index < -0.39 is 6.09 Å². The molecule has 1 fully saturated rings. The summed E-state index contributed by atoms with van der Waals surface area (Å²) in [7, 11) is 1.95. The molecule has 1 aliphatic heterocycles. The normalized spacial score (nSPS) is 23.1. The fourth-order valence-electron chi connectivity index (χ4n) is 1.52. The largest absolute Gasteiger partial charge is 0.430 e. The first kappa shape index (κ1) is 11.3. The van der Waals surface area contributed by atoms with Gasteiger partial charge in [-0.3, -0.25) is 4.90 Å². The molecule has 14 heavy (non-hydrogen) atoms. The lowest BCUT2D eigenvalue weighted by molar-refractivity contribution is -0.0220. The van der Waals surface area contributed by atoms with Gasteiger partial charge in [-0.2, -0.15) is 0 Å². The second kappa shape index (κ2) is 5.82. The Balaban J connectivity index is 2.23. The second-order valence-electron chi connectivity index (χ2n) is 3.49. The minimum Gasteiger partial charge on any atom is -0.430 e. The number of hydrogen-bond acceptors (Lipinski definition) is 4. The van der Waals surface area contributed by atoms with Crippen LogP contribution in [0.2, 0.25) is 0 Å². The number of nitrogens with zero attached hydrogens (tertiary/aromatic N) is 1. The number of amides is 1. The van der Waals surface area contributed by atoms with Crippen molar-refractivity contribution in [3.05, 3.63) is 0 Å². The smallest absolute Gasteiger partial charge is 0.408 e. The van der Waals surface area contributed by atoms with Gasteiger partial charge in [-0.1, -0.05) is 0 Å². The van der Waals surface area contributed by atoms with Crippen LogP contribution in [0.3, 0.4) is 0 Å². The van der Waals surface area contributed by atoms with Crippen molar-refractivity contribution in [1.29, 1.82) is 0 Å². The van der Waals surface area contributed by atoms with Gasteiger partial charge >= 0.3 is 6.09 Å². The molecule has 1 rings (SSSR count). The van der Waals surface area contributed by atoms with Gasteiger partial charge in [0.05, 0.1) is 6.61 Å². The molecule has 5 heteroatoms. The lowest BCUT2D eigenvalue weighted by Gasteiger charge is -2.31. The highest BCUT2D eigenvalue weighted by Gasteiger charge is 2.21. The number of aliphatic hydroxyl groups is 1. The Kier molecular flexibility index (Phi) is 4.69. The van der Waals surface area contributed by atoms with Gasteiger partial charge in [0.15, 0.2) is 6.23 Å². The molecule has 0 aromatic rings. The van der Waals surface area contributed by atoms with Gasteiger partial charge in [0, 0.05) is 13.1 Å². The summed E-state index contributed by atoms with van der Waals surface area (Å²) < 4.78 is 5.17. The van der Waals surface area contributed by atoms with E-state index in [0.717, 1.165) is 25.8 Å². The standard InChI is InChI=1S/C9H18N2O3/c1-11-6-3-2-4-8(11)14-9(13)10-5-7-12/h8,12H,2-7H2,1H3,(H,10,13). The van der Waals surface area contributed by atoms with E-state index in [0.29, 0.717) is 0 Å². The number of ether oxygens (including phenoxy) is 1. The van der Waals surface area contributed by atoms with Crippen LogP contribution in [0.5, 0.6) is 0 Å². The van der Waals surface area contributed by atoms with Crippen LogP contribution in [-0.4, -0.2) is 49.1 Å². The van der Waals surface area contributed by atoms with Gasteiger partial charge in [-0.25, -0.2) is 4.79 Å². The fraction of sp³-hybridized carbons (Fsp3) is 0.889. The number of carbonyl (C=O) groups is 1. The molecular formula is C9H18N2O3. The Morgan fingerprint density at radius 2 is 2.43 bits per heavy atom. The van der Waals surface area contributed by atoms with E-state index in [4.69, 9.17) is 9.84 Å². The summed E-state index contributed by atoms with van der Waals surface area (Å²) >= 11 is 0. The van der Waals surface area contributed by atoms with Gasteiger partial charge in [0.2, 0.25) is 0 Å². The Morgan fingerprint density at radius 3 is 3.07 bits per heavy atom. The van der Waals surface area contributed by atoms with Gasteiger partial charge in [0.25, 0.3) is 0 Å². The third-order valence-electron chi connectivity index (χ3n) is 2.33. The number of aliphatic hydroxyl groups excluding tert-OH is 1. The first-order chi connectivity index (χ1) is 6.74. The van der Waals surface area contributed by atoms with Crippen LogP contribution >= 0.6 is 0 Å². The third kappa shape index (κ3) is 3.51. The topological polar surface area (TPSA) is 61.8 Å². The predicted molar refractivity (Wildman–Crippen MR) is 51.8 cm³/mol. The van der Waals surface area contributed by atoms with Crippen LogP contribution < -0.4 is 5.32 Å². The van der Waals surface area contributed by atoms with Crippen molar-refractivity contribution in [1.82, 2.24) is 10.2 Å². The Labute approximate surface area is 84.0 Å². The molecule has 82 valence electrons. The maximum absolute atomic E-state index is 11.1. The number of piperidine rings is 1. The average Bonchev–Trinajstić information content (AvgIpc) is 2.18. The Morgan fingerprint density at radius 1 is 1.64 bits per heavy atom. The highest BCUT2D eigenvalue weighted by atomic mass is 16.6. The van der Waals surface area contributed by atoms with E-state index in [9.17, 15) is 4.79 Å². The van der Waals surface area contributed by atoms with Crippen molar-refractivity contribution in [3.63, 3.8) is 0 Å². The minimum atomic E-state index is -0.446. The molecule has 0 aliphatic carbocycles. The van der Waals surface area contributed by atoms with Gasteiger partial charge in [0.1, 0.15) is 0 Å². The SMILES string of the molecule is CN1CCCCC1OC(=O)NCCO. The summed E-state index contributed by atoms with van der Waals surface area (Å²) in [6.07, 6.45) is 2.60. The van der Waals surface area contributed by atoms with E-state index in [1.165, 1.54) is 0 Å². The zero-order chi connectivity index (χ0) is 10.4. The Bertz CT molecular complexity index is 187. The summed E-state index contributed by atoms with van der Waals surface area (Å²) in [5.74, 6) is 0. The van der Waals surface area contributed by atoms with Crippen molar-refractivity contribution in [3.8, 4) is 0 Å². The number of nitrogens with one attached hydrogen (secondary N) is 1. The lowest BCUT2D eigenvalue weighted by Crippen LogP contribution is -2.42. The molecule has 1 atom stereocenters. The molecule has 1 heterocycles. The van der Waals surface area contributed by atoms with E-state index in [2.05, 4.69) is 5.32 Å². The van der Waals surface area contributed by atoms with Crippen molar-refractivity contribution < 1.29 is 14.6 Å². The number of likely N-dealkylation sites (tertiary alicyclic amines) is 1. The second-order valence-corrected chi connectivity index (χ2v) is 3.49. The fourth-order valence-corrected chi connectivity index (χ4v) is 1.52. The number of rotatable bonds is 3. The van der Waals surface area contributed by atoms with Crippen LogP contribution in [0, 0.1) is 0 Å². The van der Waals surface area contributed by atoms with Crippen LogP contribution in [0.15, 0.2) is 0 Å². The zero-order valence-corrected chi connectivity index (χ0v) is 8.53. The van der Waals surface area contributed by atoms with Crippen molar-refractivity contribution in [2.75, 3.05) is 26.7 Å². The summed E-state index contributed by atoms with van der Waals surface area (Å²) in [5, 5.41) is 11.0. The van der Waals surface area contributed by atoms with E-state index in [1.54, 1.807) is 0 Å². The van der Waals surface area contributed by atoms with Gasteiger partial charge < -0.3 is 15.2 Å². The van der Waals surface area contributed by atoms with E-state index in [-0.39, 0.29) is 19.4 Å². The average molecular weight is 202 g/mol. The molecule has 2 N–H and O–H groups in total. The first-order valence-corrected chi connectivity index (χ1v) is 4.99. The molecule has 1 saturated heterocycles. The lowest BCUT2D eigenvalue weighted by atomic mass is 10.1. The first-order valence-electron chi connectivity index (χ1n) is 4.99. The monoisotopic (exact) mass is 202 g/mol. The summed E-state index contributed by atoms with van der Waals surface area (Å²) in [5.41, 5.74) is 0. The van der Waals surface area contributed by atoms with Crippen LogP contribution in [-0.2, 0) is 4.74 Å². The summed E-state index contributed by atoms with van der Waals surface area (Å²) in [6.45, 7) is 1.16. The number of carbonyl (C=O) groups excluding carboxylic acids is 1. The van der Waals surface area contributed by atoms with Crippen LogP contribution in [0.4, 0.5) is 4.79 Å². The van der Waals surface area contributed by atoms with Crippen molar-refractivity contribution in [2.45, 2.75) is 25.5 Å². The molecule has 0 bridgehead atoms. The molecule has 1 amide bonds. The van der Waals surface area contributed by atoms with Gasteiger partial charge in [-0.05, 0) is 26.3 Å². The molecular weight excluding hydrogens is 184 g/mol. The zero-order valence-electron chi connectivity index (χ0n) is 8.53. The molecule has 1 unspecified atom stereocenters. The predicted octanol–water partition coefficient (Wildman–Crippen LogP) is 0.147. The molecule has 0 spiro atoms. The Hall–Kier alpha value is -0.810. The molecule has 1 aliphatic rings. The van der Waals surface area contributed by atoms with E-state index in [1.807, 2.05) is 11.9 Å². The number of hydrogen-bond donors (Lipinski definition) is 2. The maximum Gasteiger partial charge on any atom is 0.408 e. The van der Waals surface area contributed by atoms with Crippen LogP contribution in [0.1, 0.15) is 19.3 Å². The van der Waals surface area contributed by atoms with Crippen molar-refractivity contribution in [2.24, 2.45) is 0 Å². The van der Waals surface area contributed by atoms with Crippen LogP contribution in [0.25, 0.3) is 0 Å². The summed E-state index contributed by atoms with van der Waals surface area (Å²) in [4.78, 5) is 13.2. The highest BCUT2D eigenvalue weighted by Crippen LogP contribution is 2.15. The third-order valence-corrected chi connectivity index (χ3v) is 2.33. The quantitative estimate of drug-likeness (QED) is 0.683. The molecule has 0 aromatic carbocycles. The van der Waals surface area contributed by atoms with Gasteiger partial charge in [-0.15, -0.1) is 0 Å². The highest BCUT2D eigenvalue weighted by molar-refractivity contribution is 5.67. The molecule has 0 saturated carbocycles.